The maximum atomic E-state index is 13.0. The van der Waals surface area contributed by atoms with Crippen molar-refractivity contribution in [3.8, 4) is 0 Å². The Labute approximate surface area is 164 Å². The smallest absolute Gasteiger partial charge is 0.264 e. The number of anilines is 1. The van der Waals surface area contributed by atoms with Crippen LogP contribution < -0.4 is 10.6 Å². The summed E-state index contributed by atoms with van der Waals surface area (Å²) in [6, 6.07) is 1.89. The molecule has 1 aromatic heterocycles. The largest absolute Gasteiger partial charge is 0.355 e. The van der Waals surface area contributed by atoms with Crippen LogP contribution in [0, 0.1) is 12.8 Å². The normalized spacial score (nSPS) is 18.1. The summed E-state index contributed by atoms with van der Waals surface area (Å²) in [6.07, 6.45) is 2.77. The van der Waals surface area contributed by atoms with Crippen LogP contribution in [0.2, 0.25) is 0 Å². The predicted molar refractivity (Wildman–Crippen MR) is 106 cm³/mol. The third-order valence-corrected chi connectivity index (χ3v) is 6.06. The second-order valence-electron chi connectivity index (χ2n) is 7.26. The summed E-state index contributed by atoms with van der Waals surface area (Å²) in [5.74, 6) is 0.255. The van der Waals surface area contributed by atoms with Crippen LogP contribution in [0.4, 0.5) is 5.00 Å². The number of thiophene rings is 1. The summed E-state index contributed by atoms with van der Waals surface area (Å²) in [4.78, 5) is 41.4. The number of carbonyl (C=O) groups excluding carboxylic acids is 3. The standard InChI is InChI=1S/C19H28N4O3S/c1-3-20-15(24)12-22-7-4-8-23(10-9-22)19(26)17-13(2)11-16(27-17)21-18(25)14-5-6-14/h11,14H,3-10,12H2,1-2H3,(H,20,24)(H,21,25). The van der Waals surface area contributed by atoms with Crippen molar-refractivity contribution in [2.24, 2.45) is 5.92 Å². The minimum Gasteiger partial charge on any atom is -0.355 e. The van der Waals surface area contributed by atoms with Crippen molar-refractivity contribution in [1.82, 2.24) is 15.1 Å². The van der Waals surface area contributed by atoms with Gasteiger partial charge >= 0.3 is 0 Å². The van der Waals surface area contributed by atoms with Crippen molar-refractivity contribution in [2.45, 2.75) is 33.1 Å². The molecular weight excluding hydrogens is 364 g/mol. The van der Waals surface area contributed by atoms with E-state index >= 15 is 0 Å². The minimum absolute atomic E-state index is 0.0179. The number of rotatable bonds is 6. The molecule has 2 aliphatic rings. The van der Waals surface area contributed by atoms with Gasteiger partial charge in [0.15, 0.2) is 0 Å². The number of nitrogens with zero attached hydrogens (tertiary/aromatic N) is 2. The van der Waals surface area contributed by atoms with E-state index < -0.39 is 0 Å². The Hall–Kier alpha value is -1.93. The molecule has 1 saturated carbocycles. The van der Waals surface area contributed by atoms with Crippen molar-refractivity contribution in [3.63, 3.8) is 0 Å². The van der Waals surface area contributed by atoms with Gasteiger partial charge in [-0.1, -0.05) is 0 Å². The average Bonchev–Trinajstić information content (AvgIpc) is 3.42. The number of aryl methyl sites for hydroxylation is 1. The maximum Gasteiger partial charge on any atom is 0.264 e. The van der Waals surface area contributed by atoms with E-state index in [1.165, 1.54) is 11.3 Å². The summed E-state index contributed by atoms with van der Waals surface area (Å²) >= 11 is 1.36. The molecule has 0 unspecified atom stereocenters. The average molecular weight is 393 g/mol. The topological polar surface area (TPSA) is 81.8 Å². The number of carbonyl (C=O) groups is 3. The third kappa shape index (κ3) is 5.29. The quantitative estimate of drug-likeness (QED) is 0.772. The molecule has 2 fully saturated rings. The Bertz CT molecular complexity index is 714. The molecule has 148 valence electrons. The summed E-state index contributed by atoms with van der Waals surface area (Å²) in [7, 11) is 0. The number of hydrogen-bond donors (Lipinski definition) is 2. The Kier molecular flexibility index (Phi) is 6.49. The van der Waals surface area contributed by atoms with Gasteiger partial charge in [-0.3, -0.25) is 19.3 Å². The molecule has 0 radical (unpaired) electrons. The van der Waals surface area contributed by atoms with Crippen LogP contribution in [0.15, 0.2) is 6.07 Å². The molecule has 3 amide bonds. The van der Waals surface area contributed by atoms with Crippen LogP contribution in [0.25, 0.3) is 0 Å². The molecule has 0 atom stereocenters. The minimum atomic E-state index is 0.0179. The molecular formula is C19H28N4O3S. The summed E-state index contributed by atoms with van der Waals surface area (Å²) in [5.41, 5.74) is 0.902. The third-order valence-electron chi connectivity index (χ3n) is 4.92. The van der Waals surface area contributed by atoms with Crippen LogP contribution in [0.3, 0.4) is 0 Å². The van der Waals surface area contributed by atoms with Gasteiger partial charge in [0.1, 0.15) is 0 Å². The highest BCUT2D eigenvalue weighted by atomic mass is 32.1. The fourth-order valence-corrected chi connectivity index (χ4v) is 4.30. The van der Waals surface area contributed by atoms with E-state index in [1.54, 1.807) is 0 Å². The molecule has 2 N–H and O–H groups in total. The van der Waals surface area contributed by atoms with Gasteiger partial charge < -0.3 is 15.5 Å². The fourth-order valence-electron chi connectivity index (χ4n) is 3.26. The molecule has 3 rings (SSSR count). The van der Waals surface area contributed by atoms with Gasteiger partial charge in [-0.25, -0.2) is 0 Å². The SMILES string of the molecule is CCNC(=O)CN1CCCN(C(=O)c2sc(NC(=O)C3CC3)cc2C)CC1. The summed E-state index contributed by atoms with van der Waals surface area (Å²) in [6.45, 7) is 7.64. The van der Waals surface area contributed by atoms with Gasteiger partial charge in [0.2, 0.25) is 11.8 Å². The summed E-state index contributed by atoms with van der Waals surface area (Å²) in [5, 5.41) is 6.50. The fraction of sp³-hybridized carbons (Fsp3) is 0.632. The highest BCUT2D eigenvalue weighted by Gasteiger charge is 2.30. The van der Waals surface area contributed by atoms with E-state index in [-0.39, 0.29) is 23.6 Å². The number of likely N-dealkylation sites (N-methyl/N-ethyl adjacent to an activating group) is 1. The first-order valence-electron chi connectivity index (χ1n) is 9.67. The Balaban J connectivity index is 1.58. The number of amides is 3. The van der Waals surface area contributed by atoms with Crippen molar-refractivity contribution in [3.05, 3.63) is 16.5 Å². The van der Waals surface area contributed by atoms with E-state index in [0.717, 1.165) is 36.4 Å². The molecule has 8 heteroatoms. The van der Waals surface area contributed by atoms with Gasteiger partial charge in [0.05, 0.1) is 16.4 Å². The van der Waals surface area contributed by atoms with E-state index in [1.807, 2.05) is 24.8 Å². The molecule has 0 bridgehead atoms. The van der Waals surface area contributed by atoms with Crippen molar-refractivity contribution >= 4 is 34.1 Å². The molecule has 2 heterocycles. The van der Waals surface area contributed by atoms with Crippen LogP contribution >= 0.6 is 11.3 Å². The lowest BCUT2D eigenvalue weighted by Gasteiger charge is -2.21. The highest BCUT2D eigenvalue weighted by molar-refractivity contribution is 7.18. The molecule has 0 aromatic carbocycles. The lowest BCUT2D eigenvalue weighted by Crippen LogP contribution is -2.40. The van der Waals surface area contributed by atoms with Gasteiger partial charge in [-0.2, -0.15) is 0 Å². The molecule has 1 aliphatic carbocycles. The maximum absolute atomic E-state index is 13.0. The van der Waals surface area contributed by atoms with Crippen LogP contribution in [0.5, 0.6) is 0 Å². The molecule has 1 saturated heterocycles. The number of hydrogen-bond acceptors (Lipinski definition) is 5. The molecule has 1 aliphatic heterocycles. The monoisotopic (exact) mass is 392 g/mol. The van der Waals surface area contributed by atoms with Crippen LogP contribution in [-0.2, 0) is 9.59 Å². The van der Waals surface area contributed by atoms with Gasteiger partial charge in [0.25, 0.3) is 5.91 Å². The van der Waals surface area contributed by atoms with E-state index in [0.29, 0.717) is 37.6 Å². The zero-order chi connectivity index (χ0) is 19.4. The zero-order valence-corrected chi connectivity index (χ0v) is 16.9. The van der Waals surface area contributed by atoms with Gasteiger partial charge in [-0.15, -0.1) is 11.3 Å². The van der Waals surface area contributed by atoms with Crippen molar-refractivity contribution in [1.29, 1.82) is 0 Å². The first-order valence-corrected chi connectivity index (χ1v) is 10.5. The van der Waals surface area contributed by atoms with E-state index in [2.05, 4.69) is 15.5 Å². The summed E-state index contributed by atoms with van der Waals surface area (Å²) < 4.78 is 0. The Morgan fingerprint density at radius 3 is 2.67 bits per heavy atom. The first-order chi connectivity index (χ1) is 13.0. The first kappa shape index (κ1) is 19.8. The van der Waals surface area contributed by atoms with Crippen LogP contribution in [0.1, 0.15) is 41.4 Å². The van der Waals surface area contributed by atoms with Gasteiger partial charge in [0, 0.05) is 38.6 Å². The van der Waals surface area contributed by atoms with Crippen LogP contribution in [-0.4, -0.2) is 66.8 Å². The van der Waals surface area contributed by atoms with E-state index in [9.17, 15) is 14.4 Å². The van der Waals surface area contributed by atoms with Crippen molar-refractivity contribution in [2.75, 3.05) is 44.6 Å². The Morgan fingerprint density at radius 1 is 1.19 bits per heavy atom. The second kappa shape index (κ2) is 8.84. The van der Waals surface area contributed by atoms with Gasteiger partial charge in [-0.05, 0) is 44.7 Å². The lowest BCUT2D eigenvalue weighted by atomic mass is 10.2. The second-order valence-corrected chi connectivity index (χ2v) is 8.31. The highest BCUT2D eigenvalue weighted by Crippen LogP contribution is 2.33. The molecule has 0 spiro atoms. The van der Waals surface area contributed by atoms with Crippen molar-refractivity contribution < 1.29 is 14.4 Å². The number of nitrogens with one attached hydrogen (secondary N) is 2. The van der Waals surface area contributed by atoms with E-state index in [4.69, 9.17) is 0 Å². The molecule has 27 heavy (non-hydrogen) atoms. The molecule has 1 aromatic rings. The lowest BCUT2D eigenvalue weighted by molar-refractivity contribution is -0.122. The molecule has 7 nitrogen and oxygen atoms in total. The predicted octanol–water partition coefficient (Wildman–Crippen LogP) is 1.69. The Morgan fingerprint density at radius 2 is 1.96 bits per heavy atom. The zero-order valence-electron chi connectivity index (χ0n) is 16.0.